The summed E-state index contributed by atoms with van der Waals surface area (Å²) < 4.78 is 6.84. The Morgan fingerprint density at radius 1 is 1.17 bits per heavy atom. The molecule has 0 bridgehead atoms. The molecule has 0 fully saturated rings. The molecule has 1 amide bonds. The fraction of sp³-hybridized carbons (Fsp3) is 0.333. The average Bonchev–Trinajstić information content (AvgIpc) is 3.15. The minimum Gasteiger partial charge on any atom is -0.492 e. The van der Waals surface area contributed by atoms with Crippen LogP contribution in [-0.4, -0.2) is 33.8 Å². The van der Waals surface area contributed by atoms with Gasteiger partial charge in [-0.3, -0.25) is 9.59 Å². The van der Waals surface area contributed by atoms with Crippen LogP contribution in [0, 0.1) is 6.92 Å². The second-order valence-corrected chi connectivity index (χ2v) is 7.48. The number of carbonyl (C=O) groups is 1. The van der Waals surface area contributed by atoms with E-state index in [1.54, 1.807) is 11.3 Å². The normalized spacial score (nSPS) is 10.7. The second kappa shape index (κ2) is 10.5. The van der Waals surface area contributed by atoms with Gasteiger partial charge in [0.25, 0.3) is 11.5 Å². The summed E-state index contributed by atoms with van der Waals surface area (Å²) in [6.07, 6.45) is 2.73. The van der Waals surface area contributed by atoms with Gasteiger partial charge in [0, 0.05) is 23.7 Å². The van der Waals surface area contributed by atoms with Crippen molar-refractivity contribution in [2.24, 2.45) is 0 Å². The lowest BCUT2D eigenvalue weighted by Gasteiger charge is -2.09. The van der Waals surface area contributed by atoms with Crippen molar-refractivity contribution in [2.45, 2.75) is 32.7 Å². The van der Waals surface area contributed by atoms with E-state index >= 15 is 0 Å². The Bertz CT molecular complexity index is 985. The van der Waals surface area contributed by atoms with E-state index in [4.69, 9.17) is 4.74 Å². The SMILES string of the molecule is Cc1csc(CCCCNC(=O)c2ccc(=O)n(CCOc3ccccc3)n2)n1. The highest BCUT2D eigenvalue weighted by Gasteiger charge is 2.09. The first kappa shape index (κ1) is 20.7. The highest BCUT2D eigenvalue weighted by Crippen LogP contribution is 2.11. The van der Waals surface area contributed by atoms with E-state index in [-0.39, 0.29) is 30.3 Å². The number of benzene rings is 1. The largest absolute Gasteiger partial charge is 0.492 e. The molecule has 1 N–H and O–H groups in total. The Hall–Kier alpha value is -3.00. The Kier molecular flexibility index (Phi) is 7.52. The second-order valence-electron chi connectivity index (χ2n) is 6.54. The number of unbranched alkanes of at least 4 members (excludes halogenated alkanes) is 1. The van der Waals surface area contributed by atoms with Gasteiger partial charge in [0.05, 0.1) is 11.6 Å². The molecule has 0 aliphatic carbocycles. The quantitative estimate of drug-likeness (QED) is 0.518. The van der Waals surface area contributed by atoms with Crippen LogP contribution >= 0.6 is 11.3 Å². The lowest BCUT2D eigenvalue weighted by molar-refractivity contribution is 0.0945. The molecular formula is C21H24N4O3S. The third-order valence-corrected chi connectivity index (χ3v) is 5.21. The molecule has 0 atom stereocenters. The van der Waals surface area contributed by atoms with Crippen LogP contribution in [0.3, 0.4) is 0 Å². The van der Waals surface area contributed by atoms with Crippen molar-refractivity contribution < 1.29 is 9.53 Å². The van der Waals surface area contributed by atoms with Gasteiger partial charge in [-0.05, 0) is 44.4 Å². The van der Waals surface area contributed by atoms with Gasteiger partial charge in [-0.15, -0.1) is 11.3 Å². The number of rotatable bonds is 10. The Balaban J connectivity index is 1.43. The van der Waals surface area contributed by atoms with Crippen LogP contribution in [0.2, 0.25) is 0 Å². The van der Waals surface area contributed by atoms with Crippen LogP contribution in [0.15, 0.2) is 52.6 Å². The molecule has 3 aromatic rings. The van der Waals surface area contributed by atoms with Gasteiger partial charge in [0.1, 0.15) is 18.1 Å². The topological polar surface area (TPSA) is 86.1 Å². The number of amides is 1. The summed E-state index contributed by atoms with van der Waals surface area (Å²) in [5.74, 6) is 0.440. The fourth-order valence-corrected chi connectivity index (χ4v) is 3.53. The van der Waals surface area contributed by atoms with Crippen molar-refractivity contribution >= 4 is 17.2 Å². The van der Waals surface area contributed by atoms with E-state index < -0.39 is 0 Å². The maximum Gasteiger partial charge on any atom is 0.271 e. The zero-order chi connectivity index (χ0) is 20.5. The monoisotopic (exact) mass is 412 g/mol. The number of aryl methyl sites for hydroxylation is 2. The maximum atomic E-state index is 12.3. The number of thiazole rings is 1. The van der Waals surface area contributed by atoms with Crippen molar-refractivity contribution in [3.05, 3.63) is 74.6 Å². The Morgan fingerprint density at radius 3 is 2.76 bits per heavy atom. The number of hydrogen-bond acceptors (Lipinski definition) is 6. The summed E-state index contributed by atoms with van der Waals surface area (Å²) in [7, 11) is 0. The number of nitrogens with zero attached hydrogens (tertiary/aromatic N) is 3. The van der Waals surface area contributed by atoms with E-state index in [1.165, 1.54) is 16.8 Å². The molecule has 0 saturated heterocycles. The summed E-state index contributed by atoms with van der Waals surface area (Å²) in [5, 5.41) is 10.2. The Labute approximate surface area is 173 Å². The van der Waals surface area contributed by atoms with E-state index in [1.807, 2.05) is 42.6 Å². The minimum absolute atomic E-state index is 0.222. The summed E-state index contributed by atoms with van der Waals surface area (Å²) in [5.41, 5.74) is 1.01. The molecule has 0 radical (unpaired) electrons. The minimum atomic E-state index is -0.284. The predicted molar refractivity (Wildman–Crippen MR) is 113 cm³/mol. The van der Waals surface area contributed by atoms with Gasteiger partial charge in [-0.2, -0.15) is 5.10 Å². The van der Waals surface area contributed by atoms with Gasteiger partial charge in [-0.1, -0.05) is 18.2 Å². The molecule has 0 aliphatic heterocycles. The van der Waals surface area contributed by atoms with Crippen LogP contribution in [0.5, 0.6) is 5.75 Å². The fourth-order valence-electron chi connectivity index (χ4n) is 2.71. The van der Waals surface area contributed by atoms with Crippen molar-refractivity contribution in [2.75, 3.05) is 13.2 Å². The first-order valence-electron chi connectivity index (χ1n) is 9.57. The van der Waals surface area contributed by atoms with Crippen LogP contribution in [0.1, 0.15) is 34.0 Å². The Morgan fingerprint density at radius 2 is 2.00 bits per heavy atom. The van der Waals surface area contributed by atoms with E-state index in [0.29, 0.717) is 6.54 Å². The number of hydrogen-bond donors (Lipinski definition) is 1. The summed E-state index contributed by atoms with van der Waals surface area (Å²) >= 11 is 1.67. The number of para-hydroxylation sites is 1. The molecule has 29 heavy (non-hydrogen) atoms. The zero-order valence-electron chi connectivity index (χ0n) is 16.3. The molecule has 1 aromatic carbocycles. The zero-order valence-corrected chi connectivity index (χ0v) is 17.2. The van der Waals surface area contributed by atoms with Crippen LogP contribution in [0.4, 0.5) is 0 Å². The van der Waals surface area contributed by atoms with Crippen molar-refractivity contribution in [3.8, 4) is 5.75 Å². The van der Waals surface area contributed by atoms with Gasteiger partial charge >= 0.3 is 0 Å². The highest BCUT2D eigenvalue weighted by atomic mass is 32.1. The first-order valence-corrected chi connectivity index (χ1v) is 10.4. The first-order chi connectivity index (χ1) is 14.1. The number of ether oxygens (including phenoxy) is 1. The predicted octanol–water partition coefficient (Wildman–Crippen LogP) is 2.84. The van der Waals surface area contributed by atoms with E-state index in [9.17, 15) is 9.59 Å². The molecule has 2 aromatic heterocycles. The number of carbonyl (C=O) groups excluding carboxylic acids is 1. The average molecular weight is 413 g/mol. The molecule has 3 rings (SSSR count). The maximum absolute atomic E-state index is 12.3. The van der Waals surface area contributed by atoms with Crippen molar-refractivity contribution in [3.63, 3.8) is 0 Å². The van der Waals surface area contributed by atoms with Gasteiger partial charge in [-0.25, -0.2) is 9.67 Å². The molecule has 2 heterocycles. The van der Waals surface area contributed by atoms with Gasteiger partial charge < -0.3 is 10.1 Å². The third kappa shape index (κ3) is 6.53. The summed E-state index contributed by atoms with van der Waals surface area (Å²) in [4.78, 5) is 28.7. The molecular weight excluding hydrogens is 388 g/mol. The van der Waals surface area contributed by atoms with Crippen molar-refractivity contribution in [1.82, 2.24) is 20.1 Å². The molecule has 0 aliphatic rings. The lowest BCUT2D eigenvalue weighted by Crippen LogP contribution is -2.31. The standard InChI is InChI=1S/C21H24N4O3S/c1-16-15-29-19(23-16)9-5-6-12-22-21(27)18-10-11-20(26)25(24-18)13-14-28-17-7-3-2-4-8-17/h2-4,7-8,10-11,15H,5-6,9,12-14H2,1H3,(H,22,27). The molecule has 7 nitrogen and oxygen atoms in total. The molecule has 0 unspecified atom stereocenters. The van der Waals surface area contributed by atoms with Crippen LogP contribution in [-0.2, 0) is 13.0 Å². The van der Waals surface area contributed by atoms with Gasteiger partial charge in [0.2, 0.25) is 0 Å². The van der Waals surface area contributed by atoms with Gasteiger partial charge in [0.15, 0.2) is 0 Å². The lowest BCUT2D eigenvalue weighted by atomic mass is 10.2. The van der Waals surface area contributed by atoms with E-state index in [0.717, 1.165) is 35.7 Å². The van der Waals surface area contributed by atoms with Crippen molar-refractivity contribution in [1.29, 1.82) is 0 Å². The third-order valence-electron chi connectivity index (χ3n) is 4.18. The summed E-state index contributed by atoms with van der Waals surface area (Å²) in [6.45, 7) is 3.10. The molecule has 0 saturated carbocycles. The highest BCUT2D eigenvalue weighted by molar-refractivity contribution is 7.09. The van der Waals surface area contributed by atoms with E-state index in [2.05, 4.69) is 15.4 Å². The number of aromatic nitrogens is 3. The van der Waals surface area contributed by atoms with Crippen LogP contribution in [0.25, 0.3) is 0 Å². The molecule has 8 heteroatoms. The smallest absolute Gasteiger partial charge is 0.271 e. The number of nitrogens with one attached hydrogen (secondary N) is 1. The molecule has 152 valence electrons. The molecule has 0 spiro atoms. The summed E-state index contributed by atoms with van der Waals surface area (Å²) in [6, 6.07) is 12.2. The van der Waals surface area contributed by atoms with Crippen LogP contribution < -0.4 is 15.6 Å².